The van der Waals surface area contributed by atoms with Crippen LogP contribution in [0.5, 0.6) is 0 Å². The molecule has 0 spiro atoms. The molecule has 0 bridgehead atoms. The molecule has 2 rings (SSSR count). The van der Waals surface area contributed by atoms with Crippen LogP contribution in [0.2, 0.25) is 0 Å². The lowest BCUT2D eigenvalue weighted by Gasteiger charge is -2.39. The van der Waals surface area contributed by atoms with Gasteiger partial charge in [-0.1, -0.05) is 32.6 Å². The van der Waals surface area contributed by atoms with Gasteiger partial charge in [-0.2, -0.15) is 11.8 Å². The maximum atomic E-state index is 3.83. The van der Waals surface area contributed by atoms with E-state index in [-0.39, 0.29) is 0 Å². The largest absolute Gasteiger partial charge is 0.314 e. The molecule has 0 aliphatic heterocycles. The van der Waals surface area contributed by atoms with Gasteiger partial charge in [-0.15, -0.1) is 0 Å². The van der Waals surface area contributed by atoms with Gasteiger partial charge in [-0.05, 0) is 55.6 Å². The zero-order chi connectivity index (χ0) is 12.1. The van der Waals surface area contributed by atoms with Crippen LogP contribution in [0, 0.1) is 17.8 Å². The third-order valence-corrected chi connectivity index (χ3v) is 5.65. The summed E-state index contributed by atoms with van der Waals surface area (Å²) in [6.45, 7) is 3.60. The molecule has 0 radical (unpaired) electrons. The second-order valence-electron chi connectivity index (χ2n) is 6.28. The second kappa shape index (κ2) is 7.04. The predicted octanol–water partition coefficient (Wildman–Crippen LogP) is 3.93. The molecule has 4 unspecified atom stereocenters. The van der Waals surface area contributed by atoms with E-state index in [0.717, 1.165) is 23.8 Å². The van der Waals surface area contributed by atoms with Gasteiger partial charge in [0.25, 0.3) is 0 Å². The minimum absolute atomic E-state index is 0.828. The van der Waals surface area contributed by atoms with E-state index in [1.807, 2.05) is 11.8 Å². The Morgan fingerprint density at radius 3 is 2.65 bits per heavy atom. The first kappa shape index (κ1) is 13.7. The highest BCUT2D eigenvalue weighted by atomic mass is 32.2. The van der Waals surface area contributed by atoms with Crippen LogP contribution >= 0.6 is 11.8 Å². The number of nitrogens with one attached hydrogen (secondary N) is 1. The van der Waals surface area contributed by atoms with E-state index >= 15 is 0 Å². The van der Waals surface area contributed by atoms with Crippen molar-refractivity contribution >= 4 is 11.8 Å². The molecule has 2 aliphatic rings. The summed E-state index contributed by atoms with van der Waals surface area (Å²) in [5, 5.41) is 3.83. The van der Waals surface area contributed by atoms with Crippen molar-refractivity contribution in [2.75, 3.05) is 18.6 Å². The molecule has 0 aromatic rings. The van der Waals surface area contributed by atoms with E-state index in [2.05, 4.69) is 18.5 Å². The van der Waals surface area contributed by atoms with E-state index in [4.69, 9.17) is 0 Å². The first-order valence-corrected chi connectivity index (χ1v) is 8.91. The van der Waals surface area contributed by atoms with Crippen LogP contribution in [0.3, 0.4) is 0 Å². The van der Waals surface area contributed by atoms with Gasteiger partial charge in [-0.3, -0.25) is 0 Å². The standard InChI is InChI=1S/C15H29NS/c1-12(11-17-2)10-16-15-8-7-13-5-3-4-6-14(13)9-15/h12-16H,3-11H2,1-2H3. The molecular weight excluding hydrogens is 226 g/mol. The Kier molecular flexibility index (Phi) is 5.68. The minimum Gasteiger partial charge on any atom is -0.314 e. The smallest absolute Gasteiger partial charge is 0.00700 e. The van der Waals surface area contributed by atoms with Gasteiger partial charge in [-0.25, -0.2) is 0 Å². The third-order valence-electron chi connectivity index (χ3n) is 4.75. The maximum absolute atomic E-state index is 3.83. The van der Waals surface area contributed by atoms with Crippen LogP contribution < -0.4 is 5.32 Å². The average molecular weight is 255 g/mol. The molecule has 0 aromatic heterocycles. The van der Waals surface area contributed by atoms with E-state index in [1.54, 1.807) is 0 Å². The summed E-state index contributed by atoms with van der Waals surface area (Å²) in [7, 11) is 0. The number of rotatable bonds is 5. The number of hydrogen-bond donors (Lipinski definition) is 1. The van der Waals surface area contributed by atoms with Crippen LogP contribution in [0.25, 0.3) is 0 Å². The normalized spacial score (nSPS) is 35.3. The molecule has 2 fully saturated rings. The van der Waals surface area contributed by atoms with Gasteiger partial charge in [0.15, 0.2) is 0 Å². The Hall–Kier alpha value is 0.310. The first-order valence-electron chi connectivity index (χ1n) is 7.52. The molecule has 0 saturated heterocycles. The molecule has 100 valence electrons. The Labute approximate surface area is 112 Å². The topological polar surface area (TPSA) is 12.0 Å². The predicted molar refractivity (Wildman–Crippen MR) is 78.6 cm³/mol. The van der Waals surface area contributed by atoms with Crippen LogP contribution in [-0.2, 0) is 0 Å². The summed E-state index contributed by atoms with van der Waals surface area (Å²) in [5.41, 5.74) is 0. The monoisotopic (exact) mass is 255 g/mol. The minimum atomic E-state index is 0.828. The molecule has 0 aromatic carbocycles. The summed E-state index contributed by atoms with van der Waals surface area (Å²) in [4.78, 5) is 0. The summed E-state index contributed by atoms with van der Waals surface area (Å²) in [6.07, 6.45) is 12.7. The third kappa shape index (κ3) is 4.17. The Balaban J connectivity index is 1.68. The summed E-state index contributed by atoms with van der Waals surface area (Å²) >= 11 is 1.97. The number of thioether (sulfide) groups is 1. The van der Waals surface area contributed by atoms with Crippen molar-refractivity contribution in [3.63, 3.8) is 0 Å². The van der Waals surface area contributed by atoms with E-state index in [9.17, 15) is 0 Å². The summed E-state index contributed by atoms with van der Waals surface area (Å²) in [5.74, 6) is 4.27. The highest BCUT2D eigenvalue weighted by molar-refractivity contribution is 7.98. The number of hydrogen-bond acceptors (Lipinski definition) is 2. The van der Waals surface area contributed by atoms with Crippen molar-refractivity contribution in [1.82, 2.24) is 5.32 Å². The maximum Gasteiger partial charge on any atom is 0.00700 e. The molecule has 1 N–H and O–H groups in total. The van der Waals surface area contributed by atoms with E-state index in [0.29, 0.717) is 0 Å². The molecule has 1 nitrogen and oxygen atoms in total. The van der Waals surface area contributed by atoms with Gasteiger partial charge < -0.3 is 5.32 Å². The zero-order valence-corrected chi connectivity index (χ0v) is 12.4. The summed E-state index contributed by atoms with van der Waals surface area (Å²) < 4.78 is 0. The fourth-order valence-corrected chi connectivity index (χ4v) is 4.46. The summed E-state index contributed by atoms with van der Waals surface area (Å²) in [6, 6.07) is 0.832. The molecule has 17 heavy (non-hydrogen) atoms. The van der Waals surface area contributed by atoms with Crippen LogP contribution in [0.15, 0.2) is 0 Å². The molecule has 0 amide bonds. The lowest BCUT2D eigenvalue weighted by molar-refractivity contribution is 0.142. The zero-order valence-electron chi connectivity index (χ0n) is 11.6. The Morgan fingerprint density at radius 1 is 1.12 bits per heavy atom. The van der Waals surface area contributed by atoms with E-state index in [1.165, 1.54) is 57.2 Å². The molecule has 2 heteroatoms. The molecule has 2 saturated carbocycles. The van der Waals surface area contributed by atoms with Gasteiger partial charge in [0.1, 0.15) is 0 Å². The van der Waals surface area contributed by atoms with Gasteiger partial charge in [0.05, 0.1) is 0 Å². The van der Waals surface area contributed by atoms with Crippen molar-refractivity contribution in [2.24, 2.45) is 17.8 Å². The molecule has 4 atom stereocenters. The molecular formula is C15H29NS. The lowest BCUT2D eigenvalue weighted by atomic mass is 9.69. The molecule has 0 heterocycles. The van der Waals surface area contributed by atoms with Crippen molar-refractivity contribution < 1.29 is 0 Å². The molecule has 2 aliphatic carbocycles. The SMILES string of the molecule is CSCC(C)CNC1CCC2CCCCC2C1. The van der Waals surface area contributed by atoms with Gasteiger partial charge in [0, 0.05) is 6.04 Å². The van der Waals surface area contributed by atoms with Crippen LogP contribution in [0.1, 0.15) is 51.9 Å². The van der Waals surface area contributed by atoms with Crippen molar-refractivity contribution in [1.29, 1.82) is 0 Å². The highest BCUT2D eigenvalue weighted by Gasteiger charge is 2.31. The quantitative estimate of drug-likeness (QED) is 0.799. The van der Waals surface area contributed by atoms with Crippen molar-refractivity contribution in [3.8, 4) is 0 Å². The van der Waals surface area contributed by atoms with Crippen molar-refractivity contribution in [2.45, 2.75) is 57.9 Å². The van der Waals surface area contributed by atoms with Crippen LogP contribution in [-0.4, -0.2) is 24.6 Å². The Morgan fingerprint density at radius 2 is 1.88 bits per heavy atom. The lowest BCUT2D eigenvalue weighted by Crippen LogP contribution is -2.40. The van der Waals surface area contributed by atoms with E-state index < -0.39 is 0 Å². The van der Waals surface area contributed by atoms with Crippen molar-refractivity contribution in [3.05, 3.63) is 0 Å². The highest BCUT2D eigenvalue weighted by Crippen LogP contribution is 2.40. The van der Waals surface area contributed by atoms with Gasteiger partial charge >= 0.3 is 0 Å². The van der Waals surface area contributed by atoms with Crippen LogP contribution in [0.4, 0.5) is 0 Å². The fraction of sp³-hybridized carbons (Fsp3) is 1.00. The fourth-order valence-electron chi connectivity index (χ4n) is 3.77. The first-order chi connectivity index (χ1) is 8.29. The second-order valence-corrected chi connectivity index (χ2v) is 7.19. The van der Waals surface area contributed by atoms with Gasteiger partial charge in [0.2, 0.25) is 0 Å². The Bertz CT molecular complexity index is 219. The average Bonchev–Trinajstić information content (AvgIpc) is 2.36. The number of fused-ring (bicyclic) bond motifs is 1.